The molecule has 2 saturated heterocycles. The maximum atomic E-state index is 9.43. The molecular weight excluding hydrogens is 176 g/mol. The molecule has 0 aromatic rings. The highest BCUT2D eigenvalue weighted by molar-refractivity contribution is 4.90. The zero-order valence-electron chi connectivity index (χ0n) is 7.89. The summed E-state index contributed by atoms with van der Waals surface area (Å²) in [7, 11) is 1.51. The Kier molecular flexibility index (Phi) is 2.08. The van der Waals surface area contributed by atoms with Gasteiger partial charge in [0.1, 0.15) is 12.2 Å². The quantitative estimate of drug-likeness (QED) is 0.622. The number of methoxy groups -OCH3 is 1. The first-order chi connectivity index (χ1) is 6.03. The monoisotopic (exact) mass is 190 g/mol. The first-order valence-electron chi connectivity index (χ1n) is 4.25. The molecule has 1 N–H and O–H groups in total. The highest BCUT2D eigenvalue weighted by atomic mass is 16.8. The Morgan fingerprint density at radius 1 is 1.23 bits per heavy atom. The van der Waals surface area contributed by atoms with E-state index < -0.39 is 24.5 Å². The van der Waals surface area contributed by atoms with Crippen molar-refractivity contribution in [3.63, 3.8) is 0 Å². The van der Waals surface area contributed by atoms with Gasteiger partial charge < -0.3 is 24.1 Å². The van der Waals surface area contributed by atoms with Crippen LogP contribution in [0.2, 0.25) is 0 Å². The Labute approximate surface area is 76.5 Å². The molecule has 13 heavy (non-hydrogen) atoms. The third-order valence-corrected chi connectivity index (χ3v) is 2.22. The summed E-state index contributed by atoms with van der Waals surface area (Å²) in [4.78, 5) is 0. The molecule has 0 saturated carbocycles. The Morgan fingerprint density at radius 2 is 1.85 bits per heavy atom. The van der Waals surface area contributed by atoms with Crippen LogP contribution in [0.25, 0.3) is 0 Å². The number of hydrogen-bond donors (Lipinski definition) is 1. The van der Waals surface area contributed by atoms with Gasteiger partial charge in [0.15, 0.2) is 18.4 Å². The van der Waals surface area contributed by atoms with Crippen LogP contribution >= 0.6 is 0 Å². The van der Waals surface area contributed by atoms with Crippen LogP contribution in [0.5, 0.6) is 0 Å². The molecule has 0 aliphatic carbocycles. The van der Waals surface area contributed by atoms with Crippen LogP contribution in [0.15, 0.2) is 0 Å². The number of aliphatic hydroxyl groups excluding tert-OH is 1. The number of hydrogen-bond acceptors (Lipinski definition) is 5. The molecule has 0 aromatic carbocycles. The molecule has 0 spiro atoms. The van der Waals surface area contributed by atoms with Gasteiger partial charge in [0.05, 0.1) is 0 Å². The molecule has 76 valence electrons. The minimum atomic E-state index is -0.961. The second kappa shape index (κ2) is 2.90. The summed E-state index contributed by atoms with van der Waals surface area (Å²) in [6.07, 6.45) is -2.28. The van der Waals surface area contributed by atoms with E-state index in [2.05, 4.69) is 0 Å². The highest BCUT2D eigenvalue weighted by Gasteiger charge is 2.55. The van der Waals surface area contributed by atoms with Crippen LogP contribution < -0.4 is 0 Å². The minimum absolute atomic E-state index is 0.338. The first-order valence-corrected chi connectivity index (χ1v) is 4.25. The molecule has 2 rings (SSSR count). The van der Waals surface area contributed by atoms with Crippen molar-refractivity contribution in [2.75, 3.05) is 7.11 Å². The molecule has 0 amide bonds. The van der Waals surface area contributed by atoms with Gasteiger partial charge in [0, 0.05) is 7.11 Å². The fourth-order valence-electron chi connectivity index (χ4n) is 1.73. The summed E-state index contributed by atoms with van der Waals surface area (Å²) in [5.74, 6) is -0.670. The van der Waals surface area contributed by atoms with Crippen LogP contribution in [0, 0.1) is 0 Å². The van der Waals surface area contributed by atoms with Gasteiger partial charge in [-0.05, 0) is 13.8 Å². The lowest BCUT2D eigenvalue weighted by Gasteiger charge is -2.21. The van der Waals surface area contributed by atoms with E-state index in [0.717, 1.165) is 0 Å². The van der Waals surface area contributed by atoms with E-state index in [1.165, 1.54) is 7.11 Å². The largest absolute Gasteiger partial charge is 0.366 e. The molecule has 4 unspecified atom stereocenters. The fourth-order valence-corrected chi connectivity index (χ4v) is 1.73. The van der Waals surface area contributed by atoms with Crippen molar-refractivity contribution in [2.45, 2.75) is 44.4 Å². The molecule has 2 aliphatic heterocycles. The van der Waals surface area contributed by atoms with Crippen molar-refractivity contribution in [1.29, 1.82) is 0 Å². The lowest BCUT2D eigenvalue weighted by molar-refractivity contribution is -0.259. The normalized spacial score (nSPS) is 48.0. The van der Waals surface area contributed by atoms with Gasteiger partial charge in [0.2, 0.25) is 0 Å². The van der Waals surface area contributed by atoms with Crippen molar-refractivity contribution in [3.05, 3.63) is 0 Å². The summed E-state index contributed by atoms with van der Waals surface area (Å²) in [6, 6.07) is 0. The Bertz CT molecular complexity index is 205. The zero-order valence-corrected chi connectivity index (χ0v) is 7.89. The molecule has 0 bridgehead atoms. The molecule has 0 aromatic heterocycles. The number of fused-ring (bicyclic) bond motifs is 1. The SMILES string of the molecule is COC1OC(O)C2OC(C)(C)OC12. The summed E-state index contributed by atoms with van der Waals surface area (Å²) in [6.45, 7) is 3.59. The lowest BCUT2D eigenvalue weighted by atomic mass is 10.2. The maximum absolute atomic E-state index is 9.43. The van der Waals surface area contributed by atoms with E-state index in [4.69, 9.17) is 18.9 Å². The summed E-state index contributed by atoms with van der Waals surface area (Å²) in [5.41, 5.74) is 0. The molecular formula is C8H14O5. The van der Waals surface area contributed by atoms with E-state index in [0.29, 0.717) is 0 Å². The molecule has 2 heterocycles. The second-order valence-corrected chi connectivity index (χ2v) is 3.70. The minimum Gasteiger partial charge on any atom is -0.366 e. The average molecular weight is 190 g/mol. The van der Waals surface area contributed by atoms with E-state index in [-0.39, 0.29) is 6.10 Å². The Morgan fingerprint density at radius 3 is 2.46 bits per heavy atom. The average Bonchev–Trinajstić information content (AvgIpc) is 2.47. The summed E-state index contributed by atoms with van der Waals surface area (Å²) >= 11 is 0. The van der Waals surface area contributed by atoms with E-state index in [1.807, 2.05) is 0 Å². The summed E-state index contributed by atoms with van der Waals surface area (Å²) < 4.78 is 21.0. The third kappa shape index (κ3) is 1.47. The van der Waals surface area contributed by atoms with Crippen molar-refractivity contribution in [1.82, 2.24) is 0 Å². The number of ether oxygens (including phenoxy) is 4. The van der Waals surface area contributed by atoms with Crippen molar-refractivity contribution in [3.8, 4) is 0 Å². The van der Waals surface area contributed by atoms with Crippen molar-refractivity contribution in [2.24, 2.45) is 0 Å². The van der Waals surface area contributed by atoms with Crippen LogP contribution in [-0.2, 0) is 18.9 Å². The van der Waals surface area contributed by atoms with Gasteiger partial charge in [-0.25, -0.2) is 0 Å². The van der Waals surface area contributed by atoms with Gasteiger partial charge in [-0.1, -0.05) is 0 Å². The lowest BCUT2D eigenvalue weighted by Crippen LogP contribution is -2.30. The standard InChI is InChI=1S/C8H14O5/c1-8(2)12-4-5(13-8)7(10-3)11-6(4)9/h4-7,9H,1-3H3. The van der Waals surface area contributed by atoms with Crippen LogP contribution in [0.4, 0.5) is 0 Å². The Balaban J connectivity index is 2.12. The van der Waals surface area contributed by atoms with Crippen molar-refractivity contribution >= 4 is 0 Å². The number of aliphatic hydroxyl groups is 1. The highest BCUT2D eigenvalue weighted by Crippen LogP contribution is 2.37. The molecule has 0 radical (unpaired) electrons. The molecule has 2 aliphatic rings. The number of rotatable bonds is 1. The molecule has 4 atom stereocenters. The van der Waals surface area contributed by atoms with Gasteiger partial charge in [-0.2, -0.15) is 0 Å². The topological polar surface area (TPSA) is 57.2 Å². The predicted octanol–water partition coefficient (Wildman–Crippen LogP) is -0.172. The van der Waals surface area contributed by atoms with Gasteiger partial charge in [0.25, 0.3) is 0 Å². The Hall–Kier alpha value is -0.200. The third-order valence-electron chi connectivity index (χ3n) is 2.22. The molecule has 5 heteroatoms. The maximum Gasteiger partial charge on any atom is 0.189 e. The van der Waals surface area contributed by atoms with E-state index in [9.17, 15) is 5.11 Å². The smallest absolute Gasteiger partial charge is 0.189 e. The van der Waals surface area contributed by atoms with E-state index >= 15 is 0 Å². The second-order valence-electron chi connectivity index (χ2n) is 3.70. The van der Waals surface area contributed by atoms with Crippen molar-refractivity contribution < 1.29 is 24.1 Å². The van der Waals surface area contributed by atoms with Crippen LogP contribution in [0.3, 0.4) is 0 Å². The van der Waals surface area contributed by atoms with Crippen LogP contribution in [-0.4, -0.2) is 42.8 Å². The van der Waals surface area contributed by atoms with Gasteiger partial charge in [-0.15, -0.1) is 0 Å². The molecule has 2 fully saturated rings. The van der Waals surface area contributed by atoms with Gasteiger partial charge >= 0.3 is 0 Å². The molecule has 5 nitrogen and oxygen atoms in total. The van der Waals surface area contributed by atoms with Gasteiger partial charge in [-0.3, -0.25) is 0 Å². The predicted molar refractivity (Wildman–Crippen MR) is 41.7 cm³/mol. The van der Waals surface area contributed by atoms with Crippen LogP contribution in [0.1, 0.15) is 13.8 Å². The zero-order chi connectivity index (χ0) is 9.64. The summed E-state index contributed by atoms with van der Waals surface area (Å²) in [5, 5.41) is 9.43. The fraction of sp³-hybridized carbons (Fsp3) is 1.00. The first kappa shape index (κ1) is 9.36. The van der Waals surface area contributed by atoms with E-state index in [1.54, 1.807) is 13.8 Å².